The molecule has 2 aliphatic heterocycles. The molecule has 7 heteroatoms. The van der Waals surface area contributed by atoms with Gasteiger partial charge in [-0.15, -0.1) is 0 Å². The van der Waals surface area contributed by atoms with E-state index in [2.05, 4.69) is 0 Å². The molecule has 6 nitrogen and oxygen atoms in total. The van der Waals surface area contributed by atoms with E-state index < -0.39 is 5.97 Å². The normalized spacial score (nSPS) is 26.7. The van der Waals surface area contributed by atoms with E-state index in [1.807, 2.05) is 4.90 Å². The predicted molar refractivity (Wildman–Crippen MR) is 81.5 cm³/mol. The van der Waals surface area contributed by atoms with E-state index in [4.69, 9.17) is 10.2 Å². The van der Waals surface area contributed by atoms with Gasteiger partial charge in [0.2, 0.25) is 0 Å². The van der Waals surface area contributed by atoms with Crippen molar-refractivity contribution in [1.29, 1.82) is 0 Å². The minimum atomic E-state index is -0.856. The maximum absolute atomic E-state index is 12.8. The molecule has 2 N–H and O–H groups in total. The number of carbonyl (C=O) groups is 2. The minimum absolute atomic E-state index is 0.0112. The summed E-state index contributed by atoms with van der Waals surface area (Å²) in [6, 6.07) is -0.165. The number of hydrogen-bond acceptors (Lipinski definition) is 4. The first-order valence-corrected chi connectivity index (χ1v) is 8.76. The van der Waals surface area contributed by atoms with Crippen LogP contribution in [0.25, 0.3) is 0 Å². The molecule has 2 heterocycles. The molecule has 0 spiro atoms. The number of likely N-dealkylation sites (tertiary alicyclic amines) is 1. The highest BCUT2D eigenvalue weighted by Crippen LogP contribution is 2.25. The van der Waals surface area contributed by atoms with Gasteiger partial charge in [0.05, 0.1) is 12.5 Å². The summed E-state index contributed by atoms with van der Waals surface area (Å²) >= 11 is 1.71. The van der Waals surface area contributed by atoms with Gasteiger partial charge in [0.15, 0.2) is 0 Å². The van der Waals surface area contributed by atoms with Crippen LogP contribution in [0.3, 0.4) is 0 Å². The Morgan fingerprint density at radius 1 is 1.14 bits per heavy atom. The first-order chi connectivity index (χ1) is 10.1. The lowest BCUT2D eigenvalue weighted by molar-refractivity contribution is -0.138. The van der Waals surface area contributed by atoms with Gasteiger partial charge in [-0.3, -0.25) is 4.79 Å². The van der Waals surface area contributed by atoms with Crippen molar-refractivity contribution < 1.29 is 19.8 Å². The van der Waals surface area contributed by atoms with Crippen LogP contribution in [0.2, 0.25) is 0 Å². The number of carboxylic acid groups (broad SMARTS) is 1. The lowest BCUT2D eigenvalue weighted by Crippen LogP contribution is -2.56. The van der Waals surface area contributed by atoms with Crippen LogP contribution in [0.15, 0.2) is 0 Å². The zero-order valence-electron chi connectivity index (χ0n) is 12.2. The molecule has 2 saturated heterocycles. The summed E-state index contributed by atoms with van der Waals surface area (Å²) in [6.07, 6.45) is 3.62. The number of piperidine rings is 1. The molecule has 0 aliphatic carbocycles. The summed E-state index contributed by atoms with van der Waals surface area (Å²) in [5.41, 5.74) is 0. The zero-order chi connectivity index (χ0) is 15.2. The molecule has 0 radical (unpaired) electrons. The number of nitrogens with zero attached hydrogens (tertiary/aromatic N) is 2. The third-order valence-corrected chi connectivity index (χ3v) is 5.31. The molecule has 2 fully saturated rings. The monoisotopic (exact) mass is 316 g/mol. The summed E-state index contributed by atoms with van der Waals surface area (Å²) in [6.45, 7) is 1.42. The number of amides is 2. The molecule has 0 saturated carbocycles. The van der Waals surface area contributed by atoms with E-state index in [-0.39, 0.29) is 31.1 Å². The number of thioether (sulfide) groups is 1. The van der Waals surface area contributed by atoms with E-state index in [1.54, 1.807) is 16.7 Å². The van der Waals surface area contributed by atoms with Crippen molar-refractivity contribution in [1.82, 2.24) is 9.80 Å². The van der Waals surface area contributed by atoms with Gasteiger partial charge in [-0.2, -0.15) is 11.8 Å². The molecule has 21 heavy (non-hydrogen) atoms. The van der Waals surface area contributed by atoms with Crippen LogP contribution in [0.1, 0.15) is 32.1 Å². The van der Waals surface area contributed by atoms with Crippen LogP contribution >= 0.6 is 11.8 Å². The van der Waals surface area contributed by atoms with Gasteiger partial charge in [0.1, 0.15) is 0 Å². The smallest absolute Gasteiger partial charge is 0.320 e. The lowest BCUT2D eigenvalue weighted by atomic mass is 10.00. The Labute approximate surface area is 129 Å². The van der Waals surface area contributed by atoms with Gasteiger partial charge in [0.25, 0.3) is 0 Å². The largest absolute Gasteiger partial charge is 0.481 e. The highest BCUT2D eigenvalue weighted by molar-refractivity contribution is 7.99. The average Bonchev–Trinajstić information content (AvgIpc) is 2.47. The molecule has 2 aliphatic rings. The standard InChI is InChI=1S/C14H24N2O4S/c17-7-4-11-3-1-2-5-15(11)14(20)16-6-8-21-10-12(16)9-13(18)19/h11-12,17H,1-10H2,(H,18,19). The maximum Gasteiger partial charge on any atom is 0.320 e. The predicted octanol–water partition coefficient (Wildman–Crippen LogP) is 1.24. The fourth-order valence-corrected chi connectivity index (χ4v) is 4.21. The Kier molecular flexibility index (Phi) is 6.17. The number of carboxylic acids is 1. The van der Waals surface area contributed by atoms with Gasteiger partial charge in [-0.25, -0.2) is 4.79 Å². The van der Waals surface area contributed by atoms with E-state index in [0.717, 1.165) is 25.0 Å². The number of aliphatic carboxylic acids is 1. The molecule has 0 aromatic carbocycles. The van der Waals surface area contributed by atoms with E-state index in [1.165, 1.54) is 0 Å². The van der Waals surface area contributed by atoms with Crippen molar-refractivity contribution in [2.45, 2.75) is 44.2 Å². The van der Waals surface area contributed by atoms with Crippen molar-refractivity contribution in [3.05, 3.63) is 0 Å². The summed E-state index contributed by atoms with van der Waals surface area (Å²) in [4.78, 5) is 27.4. The fourth-order valence-electron chi connectivity index (χ4n) is 3.14. The van der Waals surface area contributed by atoms with E-state index in [9.17, 15) is 9.59 Å². The SMILES string of the molecule is O=C(O)CC1CSCCN1C(=O)N1CCCCC1CCO. The summed E-state index contributed by atoms with van der Waals surface area (Å²) in [5.74, 6) is 0.697. The van der Waals surface area contributed by atoms with Crippen LogP contribution < -0.4 is 0 Å². The Morgan fingerprint density at radius 3 is 2.62 bits per heavy atom. The van der Waals surface area contributed by atoms with Crippen LogP contribution in [0, 0.1) is 0 Å². The average molecular weight is 316 g/mol. The Hall–Kier alpha value is -0.950. The van der Waals surface area contributed by atoms with Crippen molar-refractivity contribution >= 4 is 23.8 Å². The molecule has 0 aromatic rings. The molecule has 0 aromatic heterocycles. The third kappa shape index (κ3) is 4.26. The Balaban J connectivity index is 2.05. The number of rotatable bonds is 4. The number of aliphatic hydroxyl groups is 1. The second-order valence-electron chi connectivity index (χ2n) is 5.66. The summed E-state index contributed by atoms with van der Waals surface area (Å²) < 4.78 is 0. The fraction of sp³-hybridized carbons (Fsp3) is 0.857. The van der Waals surface area contributed by atoms with Crippen LogP contribution in [0.5, 0.6) is 0 Å². The van der Waals surface area contributed by atoms with Crippen LogP contribution in [0.4, 0.5) is 4.79 Å². The minimum Gasteiger partial charge on any atom is -0.481 e. The van der Waals surface area contributed by atoms with Crippen LogP contribution in [-0.4, -0.2) is 75.3 Å². The number of aliphatic hydroxyl groups excluding tert-OH is 1. The number of hydrogen-bond donors (Lipinski definition) is 2. The van der Waals surface area contributed by atoms with Gasteiger partial charge in [-0.1, -0.05) is 0 Å². The quantitative estimate of drug-likeness (QED) is 0.815. The van der Waals surface area contributed by atoms with Crippen molar-refractivity contribution in [2.24, 2.45) is 0 Å². The first kappa shape index (κ1) is 16.4. The molecule has 2 unspecified atom stereocenters. The van der Waals surface area contributed by atoms with Crippen molar-refractivity contribution in [3.63, 3.8) is 0 Å². The molecular formula is C14H24N2O4S. The Morgan fingerprint density at radius 2 is 1.90 bits per heavy atom. The summed E-state index contributed by atoms with van der Waals surface area (Å²) in [7, 11) is 0. The highest BCUT2D eigenvalue weighted by Gasteiger charge is 2.35. The van der Waals surface area contributed by atoms with Crippen molar-refractivity contribution in [2.75, 3.05) is 31.2 Å². The van der Waals surface area contributed by atoms with Gasteiger partial charge in [0, 0.05) is 37.2 Å². The molecule has 120 valence electrons. The molecule has 2 amide bonds. The highest BCUT2D eigenvalue weighted by atomic mass is 32.2. The lowest BCUT2D eigenvalue weighted by Gasteiger charge is -2.42. The molecule has 2 atom stereocenters. The third-order valence-electron chi connectivity index (χ3n) is 4.22. The topological polar surface area (TPSA) is 81.1 Å². The van der Waals surface area contributed by atoms with Gasteiger partial charge >= 0.3 is 12.0 Å². The molecular weight excluding hydrogens is 292 g/mol. The number of carbonyl (C=O) groups excluding carboxylic acids is 1. The van der Waals surface area contributed by atoms with E-state index >= 15 is 0 Å². The number of urea groups is 1. The second-order valence-corrected chi connectivity index (χ2v) is 6.81. The van der Waals surface area contributed by atoms with Gasteiger partial charge < -0.3 is 20.0 Å². The summed E-state index contributed by atoms with van der Waals surface area (Å²) in [5, 5.41) is 18.2. The van der Waals surface area contributed by atoms with Crippen molar-refractivity contribution in [3.8, 4) is 0 Å². The first-order valence-electron chi connectivity index (χ1n) is 7.61. The molecule has 0 bridgehead atoms. The Bertz CT molecular complexity index is 378. The molecule has 2 rings (SSSR count). The van der Waals surface area contributed by atoms with Gasteiger partial charge in [-0.05, 0) is 25.7 Å². The maximum atomic E-state index is 12.8. The van der Waals surface area contributed by atoms with E-state index in [0.29, 0.717) is 25.3 Å². The zero-order valence-corrected chi connectivity index (χ0v) is 13.1. The second kappa shape index (κ2) is 7.89. The van der Waals surface area contributed by atoms with Crippen LogP contribution in [-0.2, 0) is 4.79 Å².